The maximum Gasteiger partial charge on any atom is 0.126 e. The van der Waals surface area contributed by atoms with Crippen molar-refractivity contribution in [1.29, 1.82) is 0 Å². The van der Waals surface area contributed by atoms with Gasteiger partial charge in [0.15, 0.2) is 0 Å². The summed E-state index contributed by atoms with van der Waals surface area (Å²) in [5.41, 5.74) is 5.65. The molecule has 1 heterocycles. The maximum absolute atomic E-state index is 10.0. The Bertz CT molecular complexity index is 313. The number of nitrogens with zero attached hydrogens (tertiary/aromatic N) is 1. The molecule has 0 fully saturated rings. The molecule has 0 amide bonds. The summed E-state index contributed by atoms with van der Waals surface area (Å²) in [5.74, 6) is 0.467. The molecule has 0 radical (unpaired) electrons. The number of rotatable bonds is 5. The molecule has 3 N–H and O–H groups in total. The smallest absolute Gasteiger partial charge is 0.126 e. The molecule has 0 saturated heterocycles. The van der Waals surface area contributed by atoms with Crippen LogP contribution in [-0.4, -0.2) is 28.9 Å². The minimum absolute atomic E-state index is 0.303. The van der Waals surface area contributed by atoms with Gasteiger partial charge in [0, 0.05) is 19.2 Å². The zero-order valence-corrected chi connectivity index (χ0v) is 9.23. The van der Waals surface area contributed by atoms with Crippen LogP contribution in [-0.2, 0) is 11.2 Å². The van der Waals surface area contributed by atoms with E-state index in [1.807, 2.05) is 19.1 Å². The summed E-state index contributed by atoms with van der Waals surface area (Å²) >= 11 is 0. The van der Waals surface area contributed by atoms with Crippen molar-refractivity contribution >= 4 is 5.82 Å². The van der Waals surface area contributed by atoms with Gasteiger partial charge in [0.1, 0.15) is 5.82 Å². The lowest BCUT2D eigenvalue weighted by Crippen LogP contribution is -2.33. The Morgan fingerprint density at radius 3 is 2.93 bits per heavy atom. The average molecular weight is 210 g/mol. The van der Waals surface area contributed by atoms with Crippen LogP contribution in [0.3, 0.4) is 0 Å². The number of nitrogens with two attached hydrogens (primary N) is 1. The van der Waals surface area contributed by atoms with E-state index >= 15 is 0 Å². The predicted molar refractivity (Wildman–Crippen MR) is 59.5 cm³/mol. The molecular weight excluding hydrogens is 192 g/mol. The van der Waals surface area contributed by atoms with Crippen LogP contribution in [0.2, 0.25) is 0 Å². The van der Waals surface area contributed by atoms with Gasteiger partial charge in [-0.1, -0.05) is 6.07 Å². The molecule has 1 aromatic heterocycles. The molecule has 0 spiro atoms. The summed E-state index contributed by atoms with van der Waals surface area (Å²) in [5, 5.41) is 10.0. The van der Waals surface area contributed by atoms with Gasteiger partial charge in [0.25, 0.3) is 0 Å². The van der Waals surface area contributed by atoms with Crippen molar-refractivity contribution < 1.29 is 9.84 Å². The first-order chi connectivity index (χ1) is 7.05. The lowest BCUT2D eigenvalue weighted by atomic mass is 9.98. The predicted octanol–water partition coefficient (Wildman–Crippen LogP) is 0.994. The Morgan fingerprint density at radius 1 is 1.60 bits per heavy atom. The highest BCUT2D eigenvalue weighted by Crippen LogP contribution is 2.17. The van der Waals surface area contributed by atoms with Gasteiger partial charge >= 0.3 is 0 Å². The van der Waals surface area contributed by atoms with E-state index in [9.17, 15) is 5.11 Å². The average Bonchev–Trinajstić information content (AvgIpc) is 2.18. The maximum atomic E-state index is 10.0. The molecule has 0 saturated carbocycles. The molecule has 1 atom stereocenters. The van der Waals surface area contributed by atoms with Crippen LogP contribution in [0.5, 0.6) is 0 Å². The molecule has 1 aromatic rings. The molecular formula is C11H18N2O2. The van der Waals surface area contributed by atoms with Gasteiger partial charge in [0.2, 0.25) is 0 Å². The van der Waals surface area contributed by atoms with Crippen molar-refractivity contribution in [3.8, 4) is 0 Å². The Hall–Kier alpha value is -1.13. The number of ether oxygens (including phenoxy) is 1. The van der Waals surface area contributed by atoms with E-state index in [1.165, 1.54) is 0 Å². The standard InChI is InChI=1S/C11H18N2O2/c1-3-15-8-11(2,14)7-9-5-4-6-13-10(9)12/h4-6,14H,3,7-8H2,1-2H3,(H2,12,13). The first kappa shape index (κ1) is 11.9. The van der Waals surface area contributed by atoms with Gasteiger partial charge in [-0.05, 0) is 25.5 Å². The first-order valence-corrected chi connectivity index (χ1v) is 5.04. The fraction of sp³-hybridized carbons (Fsp3) is 0.545. The van der Waals surface area contributed by atoms with Crippen molar-refractivity contribution in [3.63, 3.8) is 0 Å². The SMILES string of the molecule is CCOCC(C)(O)Cc1cccnc1N. The Balaban J connectivity index is 2.64. The van der Waals surface area contributed by atoms with Crippen LogP contribution in [0, 0.1) is 0 Å². The monoisotopic (exact) mass is 210 g/mol. The molecule has 0 aliphatic carbocycles. The van der Waals surface area contributed by atoms with Crippen LogP contribution in [0.4, 0.5) is 5.82 Å². The zero-order chi connectivity index (χ0) is 11.3. The number of hydrogen-bond donors (Lipinski definition) is 2. The van der Waals surface area contributed by atoms with Crippen molar-refractivity contribution in [2.75, 3.05) is 18.9 Å². The van der Waals surface area contributed by atoms with Crippen molar-refractivity contribution in [2.24, 2.45) is 0 Å². The molecule has 84 valence electrons. The highest BCUT2D eigenvalue weighted by atomic mass is 16.5. The van der Waals surface area contributed by atoms with Gasteiger partial charge in [-0.3, -0.25) is 0 Å². The van der Waals surface area contributed by atoms with Gasteiger partial charge in [-0.15, -0.1) is 0 Å². The van der Waals surface area contributed by atoms with E-state index in [0.29, 0.717) is 25.5 Å². The molecule has 4 nitrogen and oxygen atoms in total. The summed E-state index contributed by atoms with van der Waals surface area (Å²) < 4.78 is 5.20. The third-order valence-corrected chi connectivity index (χ3v) is 2.11. The van der Waals surface area contributed by atoms with Crippen LogP contribution < -0.4 is 5.73 Å². The molecule has 0 bridgehead atoms. The lowest BCUT2D eigenvalue weighted by molar-refractivity contribution is -0.0296. The summed E-state index contributed by atoms with van der Waals surface area (Å²) in [6.45, 7) is 4.53. The van der Waals surface area contributed by atoms with E-state index in [0.717, 1.165) is 5.56 Å². The van der Waals surface area contributed by atoms with Crippen molar-refractivity contribution in [2.45, 2.75) is 25.9 Å². The Morgan fingerprint density at radius 2 is 2.33 bits per heavy atom. The van der Waals surface area contributed by atoms with Gasteiger partial charge in [-0.25, -0.2) is 4.98 Å². The quantitative estimate of drug-likeness (QED) is 0.760. The second-order valence-electron chi connectivity index (χ2n) is 3.86. The fourth-order valence-corrected chi connectivity index (χ4v) is 1.38. The Labute approximate surface area is 90.1 Å². The molecule has 1 rings (SSSR count). The second kappa shape index (κ2) is 5.09. The van der Waals surface area contributed by atoms with Crippen LogP contribution >= 0.6 is 0 Å². The topological polar surface area (TPSA) is 68.4 Å². The third-order valence-electron chi connectivity index (χ3n) is 2.11. The summed E-state index contributed by atoms with van der Waals surface area (Å²) in [7, 11) is 0. The van der Waals surface area contributed by atoms with Crippen molar-refractivity contribution in [1.82, 2.24) is 4.98 Å². The highest BCUT2D eigenvalue weighted by Gasteiger charge is 2.22. The highest BCUT2D eigenvalue weighted by molar-refractivity contribution is 5.39. The van der Waals surface area contributed by atoms with Gasteiger partial charge in [0.05, 0.1) is 12.2 Å². The zero-order valence-electron chi connectivity index (χ0n) is 9.23. The molecule has 0 aliphatic heterocycles. The first-order valence-electron chi connectivity index (χ1n) is 5.04. The minimum atomic E-state index is -0.896. The molecule has 4 heteroatoms. The molecule has 0 aliphatic rings. The van der Waals surface area contributed by atoms with E-state index in [-0.39, 0.29) is 0 Å². The number of pyridine rings is 1. The fourth-order valence-electron chi connectivity index (χ4n) is 1.38. The van der Waals surface area contributed by atoms with E-state index in [1.54, 1.807) is 13.1 Å². The van der Waals surface area contributed by atoms with Gasteiger partial charge in [-0.2, -0.15) is 0 Å². The largest absolute Gasteiger partial charge is 0.387 e. The summed E-state index contributed by atoms with van der Waals surface area (Å²) in [4.78, 5) is 3.97. The molecule has 1 unspecified atom stereocenters. The summed E-state index contributed by atoms with van der Waals surface area (Å²) in [6, 6.07) is 3.67. The van der Waals surface area contributed by atoms with Crippen molar-refractivity contribution in [3.05, 3.63) is 23.9 Å². The number of hydrogen-bond acceptors (Lipinski definition) is 4. The minimum Gasteiger partial charge on any atom is -0.387 e. The Kier molecular flexibility index (Phi) is 4.05. The summed E-state index contributed by atoms with van der Waals surface area (Å²) in [6.07, 6.45) is 2.09. The van der Waals surface area contributed by atoms with E-state index < -0.39 is 5.60 Å². The van der Waals surface area contributed by atoms with Crippen LogP contribution in [0.25, 0.3) is 0 Å². The normalized spacial score (nSPS) is 14.9. The lowest BCUT2D eigenvalue weighted by Gasteiger charge is -2.23. The third kappa shape index (κ3) is 3.85. The number of aliphatic hydroxyl groups is 1. The van der Waals surface area contributed by atoms with Gasteiger partial charge < -0.3 is 15.6 Å². The van der Waals surface area contributed by atoms with E-state index in [4.69, 9.17) is 10.5 Å². The van der Waals surface area contributed by atoms with Crippen LogP contribution in [0.15, 0.2) is 18.3 Å². The molecule has 15 heavy (non-hydrogen) atoms. The molecule has 0 aromatic carbocycles. The van der Waals surface area contributed by atoms with Crippen LogP contribution in [0.1, 0.15) is 19.4 Å². The number of anilines is 1. The van der Waals surface area contributed by atoms with E-state index in [2.05, 4.69) is 4.98 Å². The second-order valence-corrected chi connectivity index (χ2v) is 3.86. The number of nitrogen functional groups attached to an aromatic ring is 1. The number of aromatic nitrogens is 1.